The van der Waals surface area contributed by atoms with Gasteiger partial charge in [0, 0.05) is 19.3 Å². The molecule has 0 aromatic carbocycles. The zero-order valence-electron chi connectivity index (χ0n) is 18.6. The standard InChI is InChI=1S/C20H29N5O6S/c1-4-7-14(26)29-11-22-20-23-18-17(19(24-20)32-13-31-16(28)9-6-3)21-10-25(18)12-30-15(27)8-5-2/h10H,4-9,11-13H2,1-3H3,(H,22,23,24). The smallest absolute Gasteiger partial charge is 0.307 e. The molecular weight excluding hydrogens is 438 g/mol. The van der Waals surface area contributed by atoms with Crippen molar-refractivity contribution in [3.05, 3.63) is 6.33 Å². The number of carbonyl (C=O) groups excluding carboxylic acids is 3. The molecule has 176 valence electrons. The van der Waals surface area contributed by atoms with E-state index in [9.17, 15) is 14.4 Å². The monoisotopic (exact) mass is 467 g/mol. The fraction of sp³-hybridized carbons (Fsp3) is 0.600. The number of thioether (sulfide) groups is 1. The number of nitrogens with one attached hydrogen (secondary N) is 1. The van der Waals surface area contributed by atoms with E-state index in [4.69, 9.17) is 14.2 Å². The van der Waals surface area contributed by atoms with E-state index in [0.29, 0.717) is 54.7 Å². The molecule has 0 aliphatic rings. The van der Waals surface area contributed by atoms with Gasteiger partial charge in [-0.15, -0.1) is 0 Å². The third-order valence-electron chi connectivity index (χ3n) is 4.04. The molecule has 32 heavy (non-hydrogen) atoms. The molecule has 0 unspecified atom stereocenters. The zero-order chi connectivity index (χ0) is 23.3. The van der Waals surface area contributed by atoms with Gasteiger partial charge in [-0.3, -0.25) is 19.0 Å². The van der Waals surface area contributed by atoms with E-state index in [1.807, 2.05) is 20.8 Å². The molecule has 2 aromatic rings. The first-order valence-electron chi connectivity index (χ1n) is 10.5. The highest BCUT2D eigenvalue weighted by molar-refractivity contribution is 7.99. The van der Waals surface area contributed by atoms with Crippen molar-refractivity contribution in [2.45, 2.75) is 71.1 Å². The second-order valence-corrected chi connectivity index (χ2v) is 7.66. The quantitative estimate of drug-likeness (QED) is 0.144. The maximum absolute atomic E-state index is 11.7. The van der Waals surface area contributed by atoms with Crippen molar-refractivity contribution in [2.24, 2.45) is 0 Å². The van der Waals surface area contributed by atoms with Crippen LogP contribution in [0.25, 0.3) is 11.2 Å². The van der Waals surface area contributed by atoms with Crippen molar-refractivity contribution in [3.8, 4) is 0 Å². The average molecular weight is 468 g/mol. The lowest BCUT2D eigenvalue weighted by Gasteiger charge is -2.10. The molecule has 12 heteroatoms. The summed E-state index contributed by atoms with van der Waals surface area (Å²) in [6.45, 7) is 5.53. The van der Waals surface area contributed by atoms with Crippen LogP contribution in [0.4, 0.5) is 5.95 Å². The summed E-state index contributed by atoms with van der Waals surface area (Å²) in [5.74, 6) is -0.673. The van der Waals surface area contributed by atoms with Gasteiger partial charge in [0.15, 0.2) is 19.1 Å². The highest BCUT2D eigenvalue weighted by Gasteiger charge is 2.16. The maximum Gasteiger partial charge on any atom is 0.307 e. The number of esters is 3. The van der Waals surface area contributed by atoms with Gasteiger partial charge in [0.2, 0.25) is 5.95 Å². The molecular formula is C20H29N5O6S. The highest BCUT2D eigenvalue weighted by Crippen LogP contribution is 2.26. The van der Waals surface area contributed by atoms with Crippen LogP contribution in [0, 0.1) is 0 Å². The highest BCUT2D eigenvalue weighted by atomic mass is 32.2. The molecule has 0 aliphatic heterocycles. The lowest BCUT2D eigenvalue weighted by molar-refractivity contribution is -0.147. The van der Waals surface area contributed by atoms with Crippen molar-refractivity contribution in [1.82, 2.24) is 19.5 Å². The number of hydrogen-bond donors (Lipinski definition) is 1. The number of rotatable bonds is 14. The number of nitrogens with zero attached hydrogens (tertiary/aromatic N) is 4. The summed E-state index contributed by atoms with van der Waals surface area (Å²) in [6.07, 6.45) is 4.56. The van der Waals surface area contributed by atoms with Gasteiger partial charge < -0.3 is 19.5 Å². The topological polar surface area (TPSA) is 135 Å². The minimum Gasteiger partial charge on any atom is -0.454 e. The van der Waals surface area contributed by atoms with E-state index in [2.05, 4.69) is 20.3 Å². The minimum atomic E-state index is -0.327. The van der Waals surface area contributed by atoms with Gasteiger partial charge in [0.05, 0.1) is 6.33 Å². The van der Waals surface area contributed by atoms with Crippen molar-refractivity contribution in [2.75, 3.05) is 18.0 Å². The molecule has 0 atom stereocenters. The second kappa shape index (κ2) is 13.5. The van der Waals surface area contributed by atoms with Crippen LogP contribution in [0.1, 0.15) is 59.3 Å². The predicted molar refractivity (Wildman–Crippen MR) is 118 cm³/mol. The lowest BCUT2D eigenvalue weighted by atomic mass is 10.3. The SMILES string of the molecule is CCCC(=O)OCNc1nc(SCOC(=O)CCC)c2ncn(COC(=O)CCC)c2n1. The van der Waals surface area contributed by atoms with Gasteiger partial charge >= 0.3 is 17.9 Å². The molecule has 0 fully saturated rings. The Morgan fingerprint density at radius 2 is 1.56 bits per heavy atom. The number of imidazole rings is 1. The third-order valence-corrected chi connectivity index (χ3v) is 4.83. The van der Waals surface area contributed by atoms with Crippen LogP contribution in [-0.2, 0) is 35.3 Å². The average Bonchev–Trinajstić information content (AvgIpc) is 3.16. The van der Waals surface area contributed by atoms with Gasteiger partial charge in [-0.1, -0.05) is 32.5 Å². The Bertz CT molecular complexity index is 919. The Morgan fingerprint density at radius 1 is 0.938 bits per heavy atom. The van der Waals surface area contributed by atoms with E-state index < -0.39 is 0 Å². The summed E-state index contributed by atoms with van der Waals surface area (Å²) < 4.78 is 17.1. The number of ether oxygens (including phenoxy) is 3. The van der Waals surface area contributed by atoms with Crippen LogP contribution in [0.15, 0.2) is 11.4 Å². The van der Waals surface area contributed by atoms with E-state index in [0.717, 1.165) is 0 Å². The third kappa shape index (κ3) is 7.98. The minimum absolute atomic E-state index is 0.0487. The Kier molecular flexibility index (Phi) is 10.7. The molecule has 0 spiro atoms. The first-order valence-corrected chi connectivity index (χ1v) is 11.5. The Labute approximate surface area is 190 Å². The fourth-order valence-electron chi connectivity index (χ4n) is 2.50. The molecule has 2 aromatic heterocycles. The Hall–Kier alpha value is -2.89. The van der Waals surface area contributed by atoms with Crippen LogP contribution in [0.3, 0.4) is 0 Å². The zero-order valence-corrected chi connectivity index (χ0v) is 19.4. The Balaban J connectivity index is 2.17. The molecule has 2 rings (SSSR count). The van der Waals surface area contributed by atoms with Crippen LogP contribution < -0.4 is 5.32 Å². The molecule has 0 radical (unpaired) electrons. The van der Waals surface area contributed by atoms with Crippen molar-refractivity contribution < 1.29 is 28.6 Å². The van der Waals surface area contributed by atoms with Crippen molar-refractivity contribution in [1.29, 1.82) is 0 Å². The van der Waals surface area contributed by atoms with E-state index >= 15 is 0 Å². The summed E-state index contributed by atoms with van der Waals surface area (Å²) in [5.41, 5.74) is 0.899. The van der Waals surface area contributed by atoms with Crippen LogP contribution in [-0.4, -0.2) is 50.1 Å². The molecule has 0 bridgehead atoms. The number of fused-ring (bicyclic) bond motifs is 1. The molecule has 0 amide bonds. The molecule has 1 N–H and O–H groups in total. The van der Waals surface area contributed by atoms with Crippen molar-refractivity contribution in [3.63, 3.8) is 0 Å². The molecule has 0 saturated carbocycles. The fourth-order valence-corrected chi connectivity index (χ4v) is 3.23. The largest absolute Gasteiger partial charge is 0.454 e. The van der Waals surface area contributed by atoms with Crippen LogP contribution in [0.5, 0.6) is 0 Å². The lowest BCUT2D eigenvalue weighted by Crippen LogP contribution is -2.14. The molecule has 0 saturated heterocycles. The normalized spacial score (nSPS) is 10.7. The summed E-state index contributed by atoms with van der Waals surface area (Å²) in [6, 6.07) is 0. The first-order chi connectivity index (χ1) is 15.5. The first kappa shape index (κ1) is 25.4. The van der Waals surface area contributed by atoms with E-state index in [-0.39, 0.29) is 43.3 Å². The van der Waals surface area contributed by atoms with Crippen LogP contribution in [0.2, 0.25) is 0 Å². The van der Waals surface area contributed by atoms with E-state index in [1.54, 1.807) is 4.57 Å². The summed E-state index contributed by atoms with van der Waals surface area (Å²) in [7, 11) is 0. The summed E-state index contributed by atoms with van der Waals surface area (Å²) in [4.78, 5) is 48.1. The number of aromatic nitrogens is 4. The van der Waals surface area contributed by atoms with Gasteiger partial charge in [0.1, 0.15) is 16.5 Å². The summed E-state index contributed by atoms with van der Waals surface area (Å²) >= 11 is 1.19. The van der Waals surface area contributed by atoms with Gasteiger partial charge in [-0.25, -0.2) is 9.97 Å². The van der Waals surface area contributed by atoms with Crippen molar-refractivity contribution >= 4 is 46.8 Å². The predicted octanol–water partition coefficient (Wildman–Crippen LogP) is 3.23. The maximum atomic E-state index is 11.7. The van der Waals surface area contributed by atoms with Gasteiger partial charge in [-0.2, -0.15) is 4.98 Å². The Morgan fingerprint density at radius 3 is 2.22 bits per heavy atom. The number of hydrogen-bond acceptors (Lipinski definition) is 11. The molecule has 0 aliphatic carbocycles. The van der Waals surface area contributed by atoms with E-state index in [1.165, 1.54) is 18.1 Å². The second-order valence-electron chi connectivity index (χ2n) is 6.75. The van der Waals surface area contributed by atoms with Gasteiger partial charge in [-0.05, 0) is 19.3 Å². The molecule has 2 heterocycles. The molecule has 11 nitrogen and oxygen atoms in total. The number of carbonyl (C=O) groups is 3. The number of anilines is 1. The van der Waals surface area contributed by atoms with Gasteiger partial charge in [0.25, 0.3) is 0 Å². The van der Waals surface area contributed by atoms with Crippen LogP contribution >= 0.6 is 11.8 Å². The summed E-state index contributed by atoms with van der Waals surface area (Å²) in [5, 5.41) is 3.33.